The summed E-state index contributed by atoms with van der Waals surface area (Å²) in [6.45, 7) is 3.07. The van der Waals surface area contributed by atoms with Crippen molar-refractivity contribution in [3.8, 4) is 0 Å². The van der Waals surface area contributed by atoms with Crippen LogP contribution in [-0.2, 0) is 0 Å². The average Bonchev–Trinajstić information content (AvgIpc) is 2.39. The number of nitrogens with zero attached hydrogens (tertiary/aromatic N) is 1. The van der Waals surface area contributed by atoms with E-state index in [9.17, 15) is 14.3 Å². The molecule has 0 aliphatic carbocycles. The van der Waals surface area contributed by atoms with Crippen LogP contribution in [0.3, 0.4) is 0 Å². The van der Waals surface area contributed by atoms with E-state index in [0.717, 1.165) is 11.1 Å². The summed E-state index contributed by atoms with van der Waals surface area (Å²) in [6.07, 6.45) is 0.968. The van der Waals surface area contributed by atoms with Crippen LogP contribution in [0, 0.1) is 5.82 Å². The van der Waals surface area contributed by atoms with Crippen molar-refractivity contribution in [3.05, 3.63) is 41.7 Å². The summed E-state index contributed by atoms with van der Waals surface area (Å²) in [7, 11) is 1.55. The standard InChI is InChI=1S/C14H17FN2O2/c1-14(17(2)13(18)19)9-16-8-7-12(14)10-3-5-11(15)6-4-10/h3-7,16H,8-9H2,1-2H3,(H,18,19). The number of carboxylic acid groups (broad SMARTS) is 1. The Kier molecular flexibility index (Phi) is 3.57. The lowest BCUT2D eigenvalue weighted by atomic mass is 9.83. The number of hydrogen-bond acceptors (Lipinski definition) is 2. The lowest BCUT2D eigenvalue weighted by molar-refractivity contribution is 0.123. The van der Waals surface area contributed by atoms with E-state index < -0.39 is 11.6 Å². The van der Waals surface area contributed by atoms with E-state index in [1.165, 1.54) is 17.0 Å². The molecule has 0 bridgehead atoms. The minimum atomic E-state index is -0.987. The molecule has 1 amide bonds. The van der Waals surface area contributed by atoms with Crippen LogP contribution in [0.1, 0.15) is 12.5 Å². The smallest absolute Gasteiger partial charge is 0.407 e. The number of amides is 1. The average molecular weight is 264 g/mol. The number of halogens is 1. The summed E-state index contributed by atoms with van der Waals surface area (Å²) in [5.74, 6) is -0.299. The zero-order valence-electron chi connectivity index (χ0n) is 11.0. The molecule has 1 aliphatic rings. The summed E-state index contributed by atoms with van der Waals surface area (Å²) in [5, 5.41) is 12.4. The lowest BCUT2D eigenvalue weighted by Crippen LogP contribution is -2.55. The molecule has 1 aliphatic heterocycles. The van der Waals surface area contributed by atoms with Gasteiger partial charge in [0.2, 0.25) is 0 Å². The highest BCUT2D eigenvalue weighted by atomic mass is 19.1. The maximum Gasteiger partial charge on any atom is 0.407 e. The zero-order chi connectivity index (χ0) is 14.0. The van der Waals surface area contributed by atoms with Gasteiger partial charge in [-0.15, -0.1) is 0 Å². The molecule has 1 heterocycles. The molecule has 102 valence electrons. The van der Waals surface area contributed by atoms with Crippen LogP contribution in [0.2, 0.25) is 0 Å². The molecule has 2 rings (SSSR count). The van der Waals surface area contributed by atoms with Crippen molar-refractivity contribution in [1.82, 2.24) is 10.2 Å². The largest absolute Gasteiger partial charge is 0.465 e. The number of carbonyl (C=O) groups is 1. The van der Waals surface area contributed by atoms with Crippen LogP contribution in [0.25, 0.3) is 5.57 Å². The lowest BCUT2D eigenvalue weighted by Gasteiger charge is -2.42. The fourth-order valence-corrected chi connectivity index (χ4v) is 2.37. The van der Waals surface area contributed by atoms with Crippen molar-refractivity contribution in [2.24, 2.45) is 0 Å². The van der Waals surface area contributed by atoms with E-state index in [0.29, 0.717) is 13.1 Å². The van der Waals surface area contributed by atoms with Crippen molar-refractivity contribution in [1.29, 1.82) is 0 Å². The monoisotopic (exact) mass is 264 g/mol. The summed E-state index contributed by atoms with van der Waals surface area (Å²) in [4.78, 5) is 12.5. The van der Waals surface area contributed by atoms with E-state index >= 15 is 0 Å². The van der Waals surface area contributed by atoms with Gasteiger partial charge in [0.25, 0.3) is 0 Å². The third-order valence-electron chi connectivity index (χ3n) is 3.68. The highest BCUT2D eigenvalue weighted by Crippen LogP contribution is 2.33. The highest BCUT2D eigenvalue weighted by Gasteiger charge is 2.38. The van der Waals surface area contributed by atoms with E-state index in [1.54, 1.807) is 19.2 Å². The first-order chi connectivity index (χ1) is 8.95. The van der Waals surface area contributed by atoms with Crippen LogP contribution in [0.5, 0.6) is 0 Å². The molecule has 0 spiro atoms. The molecule has 0 fully saturated rings. The van der Waals surface area contributed by atoms with Gasteiger partial charge in [0.1, 0.15) is 5.82 Å². The predicted molar refractivity (Wildman–Crippen MR) is 71.4 cm³/mol. The Balaban J connectivity index is 2.43. The van der Waals surface area contributed by atoms with Gasteiger partial charge in [-0.05, 0) is 30.2 Å². The Bertz CT molecular complexity index is 513. The first-order valence-electron chi connectivity index (χ1n) is 6.09. The van der Waals surface area contributed by atoms with Crippen molar-refractivity contribution in [2.75, 3.05) is 20.1 Å². The second-order valence-corrected chi connectivity index (χ2v) is 4.87. The van der Waals surface area contributed by atoms with E-state index in [-0.39, 0.29) is 5.82 Å². The molecule has 1 atom stereocenters. The fraction of sp³-hybridized carbons (Fsp3) is 0.357. The second kappa shape index (κ2) is 5.01. The predicted octanol–water partition coefficient (Wildman–Crippen LogP) is 2.18. The van der Waals surface area contributed by atoms with Gasteiger partial charge in [0.15, 0.2) is 0 Å². The van der Waals surface area contributed by atoms with Crippen LogP contribution < -0.4 is 5.32 Å². The molecular weight excluding hydrogens is 247 g/mol. The molecule has 19 heavy (non-hydrogen) atoms. The van der Waals surface area contributed by atoms with Gasteiger partial charge in [0.05, 0.1) is 5.54 Å². The minimum Gasteiger partial charge on any atom is -0.465 e. The third-order valence-corrected chi connectivity index (χ3v) is 3.68. The molecule has 1 aromatic rings. The Morgan fingerprint density at radius 1 is 1.42 bits per heavy atom. The van der Waals surface area contributed by atoms with Crippen molar-refractivity contribution >= 4 is 11.7 Å². The van der Waals surface area contributed by atoms with Crippen molar-refractivity contribution in [3.63, 3.8) is 0 Å². The van der Waals surface area contributed by atoms with Gasteiger partial charge >= 0.3 is 6.09 Å². The number of benzene rings is 1. The van der Waals surface area contributed by atoms with Crippen molar-refractivity contribution < 1.29 is 14.3 Å². The maximum absolute atomic E-state index is 13.0. The molecular formula is C14H17FN2O2. The molecule has 1 unspecified atom stereocenters. The highest BCUT2D eigenvalue weighted by molar-refractivity contribution is 5.79. The van der Waals surface area contributed by atoms with Gasteiger partial charge in [-0.3, -0.25) is 0 Å². The summed E-state index contributed by atoms with van der Waals surface area (Å²) in [6, 6.07) is 6.14. The molecule has 5 heteroatoms. The van der Waals surface area contributed by atoms with Crippen LogP contribution >= 0.6 is 0 Å². The maximum atomic E-state index is 13.0. The molecule has 0 saturated heterocycles. The van der Waals surface area contributed by atoms with Gasteiger partial charge in [-0.2, -0.15) is 0 Å². The number of hydrogen-bond donors (Lipinski definition) is 2. The topological polar surface area (TPSA) is 52.6 Å². The molecule has 0 radical (unpaired) electrons. The summed E-state index contributed by atoms with van der Waals surface area (Å²) < 4.78 is 13.0. The van der Waals surface area contributed by atoms with Gasteiger partial charge < -0.3 is 15.3 Å². The van der Waals surface area contributed by atoms with Crippen LogP contribution in [-0.4, -0.2) is 41.8 Å². The first-order valence-corrected chi connectivity index (χ1v) is 6.09. The molecule has 2 N–H and O–H groups in total. The van der Waals surface area contributed by atoms with Gasteiger partial charge in [-0.25, -0.2) is 9.18 Å². The summed E-state index contributed by atoms with van der Waals surface area (Å²) >= 11 is 0. The SMILES string of the molecule is CN(C(=O)O)C1(C)CNCC=C1c1ccc(F)cc1. The van der Waals surface area contributed by atoms with Crippen LogP contribution in [0.4, 0.5) is 9.18 Å². The minimum absolute atomic E-state index is 0.299. The van der Waals surface area contributed by atoms with Crippen LogP contribution in [0.15, 0.2) is 30.3 Å². The van der Waals surface area contributed by atoms with E-state index in [2.05, 4.69) is 5.32 Å². The number of rotatable bonds is 2. The first kappa shape index (κ1) is 13.5. The molecule has 0 saturated carbocycles. The Labute approximate surface area is 111 Å². The second-order valence-electron chi connectivity index (χ2n) is 4.87. The van der Waals surface area contributed by atoms with E-state index in [4.69, 9.17) is 0 Å². The Hall–Kier alpha value is -1.88. The molecule has 4 nitrogen and oxygen atoms in total. The van der Waals surface area contributed by atoms with Gasteiger partial charge in [0, 0.05) is 20.1 Å². The Morgan fingerprint density at radius 3 is 2.63 bits per heavy atom. The van der Waals surface area contributed by atoms with Crippen molar-refractivity contribution in [2.45, 2.75) is 12.5 Å². The fourth-order valence-electron chi connectivity index (χ4n) is 2.37. The molecule has 1 aromatic carbocycles. The third kappa shape index (κ3) is 2.46. The Morgan fingerprint density at radius 2 is 2.05 bits per heavy atom. The zero-order valence-corrected chi connectivity index (χ0v) is 11.0. The van der Waals surface area contributed by atoms with E-state index in [1.807, 2.05) is 13.0 Å². The summed E-state index contributed by atoms with van der Waals surface area (Å²) in [5.41, 5.74) is 1.08. The normalized spacial score (nSPS) is 22.8. The number of nitrogens with one attached hydrogen (secondary N) is 1. The number of likely N-dealkylation sites (N-methyl/N-ethyl adjacent to an activating group) is 1. The molecule has 0 aromatic heterocycles. The van der Waals surface area contributed by atoms with Gasteiger partial charge in [-0.1, -0.05) is 18.2 Å². The quantitative estimate of drug-likeness (QED) is 0.861.